The zero-order valence-corrected chi connectivity index (χ0v) is 9.60. The van der Waals surface area contributed by atoms with Crippen molar-refractivity contribution in [2.24, 2.45) is 0 Å². The molecule has 0 rings (SSSR count). The molecule has 0 unspecified atom stereocenters. The maximum atomic E-state index is 5.15. The van der Waals surface area contributed by atoms with Crippen LogP contribution in [-0.2, 0) is 0 Å². The van der Waals surface area contributed by atoms with Gasteiger partial charge in [0, 0.05) is 24.6 Å². The summed E-state index contributed by atoms with van der Waals surface area (Å²) < 4.78 is 0.320. The van der Waals surface area contributed by atoms with E-state index in [1.165, 1.54) is 0 Å². The second-order valence-corrected chi connectivity index (χ2v) is 5.96. The smallest absolute Gasteiger partial charge is 0.0874 e. The van der Waals surface area contributed by atoms with E-state index in [-0.39, 0.29) is 0 Å². The Hall–Kier alpha value is 0.240. The average Bonchev–Trinajstić information content (AvgIpc) is 1.80. The molecule has 0 radical (unpaired) electrons. The van der Waals surface area contributed by atoms with Gasteiger partial charge in [0.05, 0.1) is 4.99 Å². The second-order valence-electron chi connectivity index (χ2n) is 3.69. The highest BCUT2D eigenvalue weighted by atomic mass is 32.2. The number of hydrogen-bond acceptors (Lipinski definition) is 2. The van der Waals surface area contributed by atoms with Crippen LogP contribution < -0.4 is 0 Å². The van der Waals surface area contributed by atoms with Gasteiger partial charge in [0.2, 0.25) is 0 Å². The lowest BCUT2D eigenvalue weighted by Gasteiger charge is -2.20. The van der Waals surface area contributed by atoms with Crippen molar-refractivity contribution in [3.63, 3.8) is 0 Å². The molecule has 0 heterocycles. The molecule has 0 aromatic carbocycles. The summed E-state index contributed by atoms with van der Waals surface area (Å²) in [6.45, 7) is 6.61. The molecule has 0 bridgehead atoms. The Kier molecular flexibility index (Phi) is 4.41. The largest absolute Gasteiger partial charge is 0.372 e. The lowest BCUT2D eigenvalue weighted by molar-refractivity contribution is 0.632. The van der Waals surface area contributed by atoms with Crippen LogP contribution in [0.25, 0.3) is 0 Å². The summed E-state index contributed by atoms with van der Waals surface area (Å²) >= 11 is 7.04. The van der Waals surface area contributed by atoms with Crippen LogP contribution in [-0.4, -0.2) is 34.5 Å². The molecule has 0 aliphatic rings. The summed E-state index contributed by atoms with van der Waals surface area (Å²) in [6, 6.07) is 0. The predicted octanol–water partition coefficient (Wildman–Crippen LogP) is 2.41. The Morgan fingerprint density at radius 2 is 1.82 bits per heavy atom. The first kappa shape index (κ1) is 11.2. The second kappa shape index (κ2) is 4.31. The molecular formula is C8H17NS2. The molecule has 0 fully saturated rings. The Bertz CT molecular complexity index is 136. The average molecular weight is 191 g/mol. The molecule has 0 saturated carbocycles. The summed E-state index contributed by atoms with van der Waals surface area (Å²) in [5, 5.41) is 0. The first-order valence-corrected chi connectivity index (χ1v) is 5.06. The van der Waals surface area contributed by atoms with E-state index in [9.17, 15) is 0 Å². The summed E-state index contributed by atoms with van der Waals surface area (Å²) in [6.07, 6.45) is 0. The minimum Gasteiger partial charge on any atom is -0.372 e. The van der Waals surface area contributed by atoms with Gasteiger partial charge in [-0.2, -0.15) is 0 Å². The zero-order valence-electron chi connectivity index (χ0n) is 7.97. The van der Waals surface area contributed by atoms with Crippen LogP contribution >= 0.6 is 24.0 Å². The van der Waals surface area contributed by atoms with Crippen molar-refractivity contribution in [3.8, 4) is 0 Å². The zero-order chi connectivity index (χ0) is 9.07. The Morgan fingerprint density at radius 1 is 1.36 bits per heavy atom. The molecule has 0 spiro atoms. The van der Waals surface area contributed by atoms with E-state index in [1.54, 1.807) is 0 Å². The quantitative estimate of drug-likeness (QED) is 0.617. The first-order valence-electron chi connectivity index (χ1n) is 3.67. The van der Waals surface area contributed by atoms with Gasteiger partial charge in [-0.1, -0.05) is 33.0 Å². The number of thiocarbonyl (C=S) groups is 1. The Balaban J connectivity index is 3.64. The molecule has 0 saturated heterocycles. The van der Waals surface area contributed by atoms with Crippen molar-refractivity contribution in [1.82, 2.24) is 4.90 Å². The van der Waals surface area contributed by atoms with Crippen molar-refractivity contribution in [2.45, 2.75) is 25.5 Å². The molecule has 0 aliphatic heterocycles. The van der Waals surface area contributed by atoms with Gasteiger partial charge in [-0.25, -0.2) is 0 Å². The molecule has 0 atom stereocenters. The van der Waals surface area contributed by atoms with Gasteiger partial charge in [0.1, 0.15) is 0 Å². The summed E-state index contributed by atoms with van der Waals surface area (Å²) in [7, 11) is 3.98. The van der Waals surface area contributed by atoms with Crippen molar-refractivity contribution in [3.05, 3.63) is 0 Å². The summed E-state index contributed by atoms with van der Waals surface area (Å²) in [4.78, 5) is 3.01. The highest BCUT2D eigenvalue weighted by molar-refractivity contribution is 8.02. The van der Waals surface area contributed by atoms with E-state index in [0.29, 0.717) is 4.75 Å². The highest BCUT2D eigenvalue weighted by Gasteiger charge is 2.11. The minimum atomic E-state index is 0.320. The fourth-order valence-electron chi connectivity index (χ4n) is 0.407. The number of rotatable bonds is 2. The van der Waals surface area contributed by atoms with Gasteiger partial charge in [-0.15, -0.1) is 11.8 Å². The van der Waals surface area contributed by atoms with E-state index in [0.717, 1.165) is 10.7 Å². The van der Waals surface area contributed by atoms with Crippen LogP contribution in [0.4, 0.5) is 0 Å². The van der Waals surface area contributed by atoms with Crippen LogP contribution in [0.5, 0.6) is 0 Å². The molecule has 0 aromatic heterocycles. The van der Waals surface area contributed by atoms with Crippen molar-refractivity contribution in [1.29, 1.82) is 0 Å². The lowest BCUT2D eigenvalue weighted by Crippen LogP contribution is -2.23. The standard InChI is InChI=1S/C8H17NS2/c1-8(2,3)11-6-7(10)9(4)5/h6H2,1-5H3. The molecule has 0 N–H and O–H groups in total. The van der Waals surface area contributed by atoms with E-state index >= 15 is 0 Å². The number of thioether (sulfide) groups is 1. The predicted molar refractivity (Wildman–Crippen MR) is 58.5 cm³/mol. The van der Waals surface area contributed by atoms with Crippen molar-refractivity contribution >= 4 is 29.0 Å². The van der Waals surface area contributed by atoms with Crippen LogP contribution in [0.2, 0.25) is 0 Å². The highest BCUT2D eigenvalue weighted by Crippen LogP contribution is 2.23. The van der Waals surface area contributed by atoms with E-state index in [4.69, 9.17) is 12.2 Å². The van der Waals surface area contributed by atoms with E-state index in [2.05, 4.69) is 20.8 Å². The molecule has 0 aromatic rings. The van der Waals surface area contributed by atoms with Crippen LogP contribution in [0.15, 0.2) is 0 Å². The Labute approximate surface area is 79.5 Å². The molecular weight excluding hydrogens is 174 g/mol. The van der Waals surface area contributed by atoms with Gasteiger partial charge in [0.15, 0.2) is 0 Å². The third kappa shape index (κ3) is 6.63. The van der Waals surface area contributed by atoms with E-state index in [1.807, 2.05) is 30.8 Å². The maximum absolute atomic E-state index is 5.15. The SMILES string of the molecule is CN(C)C(=S)CSC(C)(C)C. The Morgan fingerprint density at radius 3 is 2.09 bits per heavy atom. The minimum absolute atomic E-state index is 0.320. The first-order chi connectivity index (χ1) is 4.83. The normalized spacial score (nSPS) is 11.4. The van der Waals surface area contributed by atoms with Crippen LogP contribution in [0.1, 0.15) is 20.8 Å². The number of nitrogens with zero attached hydrogens (tertiary/aromatic N) is 1. The topological polar surface area (TPSA) is 3.24 Å². The third-order valence-electron chi connectivity index (χ3n) is 1.13. The summed E-state index contributed by atoms with van der Waals surface area (Å²) in [5.74, 6) is 0.950. The molecule has 3 heteroatoms. The molecule has 66 valence electrons. The maximum Gasteiger partial charge on any atom is 0.0874 e. The lowest BCUT2D eigenvalue weighted by atomic mass is 10.3. The molecule has 1 nitrogen and oxygen atoms in total. The summed E-state index contributed by atoms with van der Waals surface area (Å²) in [5.41, 5.74) is 0. The van der Waals surface area contributed by atoms with Gasteiger partial charge in [-0.3, -0.25) is 0 Å². The molecule has 11 heavy (non-hydrogen) atoms. The fourth-order valence-corrected chi connectivity index (χ4v) is 1.40. The van der Waals surface area contributed by atoms with Gasteiger partial charge in [-0.05, 0) is 0 Å². The van der Waals surface area contributed by atoms with Gasteiger partial charge < -0.3 is 4.90 Å². The van der Waals surface area contributed by atoms with Crippen LogP contribution in [0.3, 0.4) is 0 Å². The van der Waals surface area contributed by atoms with E-state index < -0.39 is 0 Å². The number of hydrogen-bond donors (Lipinski definition) is 0. The van der Waals surface area contributed by atoms with Gasteiger partial charge in [0.25, 0.3) is 0 Å². The van der Waals surface area contributed by atoms with Crippen molar-refractivity contribution in [2.75, 3.05) is 19.8 Å². The van der Waals surface area contributed by atoms with Crippen LogP contribution in [0, 0.1) is 0 Å². The third-order valence-corrected chi connectivity index (χ3v) is 3.10. The molecule has 0 amide bonds. The van der Waals surface area contributed by atoms with Gasteiger partial charge >= 0.3 is 0 Å². The fraction of sp³-hybridized carbons (Fsp3) is 0.875. The molecule has 0 aliphatic carbocycles. The van der Waals surface area contributed by atoms with Crippen molar-refractivity contribution < 1.29 is 0 Å². The monoisotopic (exact) mass is 191 g/mol.